The van der Waals surface area contributed by atoms with Crippen LogP contribution in [0.5, 0.6) is 0 Å². The van der Waals surface area contributed by atoms with Gasteiger partial charge in [0.05, 0.1) is 16.8 Å². The summed E-state index contributed by atoms with van der Waals surface area (Å²) >= 11 is 0. The van der Waals surface area contributed by atoms with E-state index in [1.165, 1.54) is 18.2 Å². The molecule has 0 fully saturated rings. The summed E-state index contributed by atoms with van der Waals surface area (Å²) in [6.45, 7) is 1.63. The smallest absolute Gasteiger partial charge is 0.349 e. The fourth-order valence-corrected chi connectivity index (χ4v) is 1.84. The Morgan fingerprint density at radius 2 is 1.80 bits per heavy atom. The van der Waals surface area contributed by atoms with Gasteiger partial charge in [0.1, 0.15) is 0 Å². The van der Waals surface area contributed by atoms with E-state index in [-0.39, 0.29) is 16.9 Å². The van der Waals surface area contributed by atoms with E-state index in [1.54, 1.807) is 19.1 Å². The third-order valence-corrected chi connectivity index (χ3v) is 2.76. The first-order valence-electron chi connectivity index (χ1n) is 5.71. The zero-order valence-corrected chi connectivity index (χ0v) is 10.3. The fourth-order valence-electron chi connectivity index (χ4n) is 1.84. The SMILES string of the molecule is Cc1cc(C(=O)ON2C(=O)c3ccccc3C2=O)on1. The molecule has 1 aromatic carbocycles. The highest BCUT2D eigenvalue weighted by molar-refractivity contribution is 6.21. The third-order valence-electron chi connectivity index (χ3n) is 2.76. The van der Waals surface area contributed by atoms with Crippen LogP contribution in [0.1, 0.15) is 37.0 Å². The molecule has 0 atom stereocenters. The second kappa shape index (κ2) is 4.30. The molecule has 7 nitrogen and oxygen atoms in total. The van der Waals surface area contributed by atoms with Gasteiger partial charge in [0.2, 0.25) is 5.76 Å². The van der Waals surface area contributed by atoms with Crippen LogP contribution in [0, 0.1) is 6.92 Å². The van der Waals surface area contributed by atoms with Crippen LogP contribution in [0.2, 0.25) is 0 Å². The maximum atomic E-state index is 12.0. The van der Waals surface area contributed by atoms with Crippen LogP contribution in [0.15, 0.2) is 34.9 Å². The first kappa shape index (κ1) is 12.1. The van der Waals surface area contributed by atoms with Crippen molar-refractivity contribution in [1.29, 1.82) is 0 Å². The number of hydrogen-bond donors (Lipinski definition) is 0. The maximum Gasteiger partial charge on any atom is 0.401 e. The van der Waals surface area contributed by atoms with Crippen molar-refractivity contribution >= 4 is 17.8 Å². The Balaban J connectivity index is 1.85. The number of carbonyl (C=O) groups excluding carboxylic acids is 3. The van der Waals surface area contributed by atoms with E-state index >= 15 is 0 Å². The van der Waals surface area contributed by atoms with Gasteiger partial charge >= 0.3 is 5.97 Å². The number of amides is 2. The quantitative estimate of drug-likeness (QED) is 0.766. The highest BCUT2D eigenvalue weighted by Crippen LogP contribution is 2.23. The van der Waals surface area contributed by atoms with Crippen LogP contribution < -0.4 is 0 Å². The number of carbonyl (C=O) groups is 3. The number of aryl methyl sites for hydroxylation is 1. The van der Waals surface area contributed by atoms with Crippen molar-refractivity contribution in [2.45, 2.75) is 6.92 Å². The van der Waals surface area contributed by atoms with Crippen LogP contribution >= 0.6 is 0 Å². The standard InChI is InChI=1S/C13H8N2O5/c1-7-6-10(19-14-7)13(18)20-15-11(16)8-4-2-3-5-9(8)12(15)17/h2-6H,1H3. The van der Waals surface area contributed by atoms with E-state index in [0.717, 1.165) is 0 Å². The van der Waals surface area contributed by atoms with Crippen LogP contribution in [0.4, 0.5) is 0 Å². The van der Waals surface area contributed by atoms with Crippen LogP contribution in [-0.4, -0.2) is 28.0 Å². The number of hydrogen-bond acceptors (Lipinski definition) is 6. The molecular weight excluding hydrogens is 264 g/mol. The minimum Gasteiger partial charge on any atom is -0.349 e. The predicted octanol–water partition coefficient (Wildman–Crippen LogP) is 1.35. The highest BCUT2D eigenvalue weighted by Gasteiger charge is 2.39. The van der Waals surface area contributed by atoms with Crippen LogP contribution in [0.25, 0.3) is 0 Å². The van der Waals surface area contributed by atoms with E-state index in [2.05, 4.69) is 5.16 Å². The fraction of sp³-hybridized carbons (Fsp3) is 0.0769. The molecule has 1 aliphatic rings. The number of nitrogens with zero attached hydrogens (tertiary/aromatic N) is 2. The Bertz CT molecular complexity index is 699. The number of fused-ring (bicyclic) bond motifs is 1. The van der Waals surface area contributed by atoms with Crippen molar-refractivity contribution < 1.29 is 23.7 Å². The monoisotopic (exact) mass is 272 g/mol. The van der Waals surface area contributed by atoms with Crippen molar-refractivity contribution in [3.63, 3.8) is 0 Å². The van der Waals surface area contributed by atoms with Gasteiger partial charge in [-0.2, -0.15) is 0 Å². The van der Waals surface area contributed by atoms with Crippen molar-refractivity contribution in [2.75, 3.05) is 0 Å². The first-order chi connectivity index (χ1) is 9.58. The largest absolute Gasteiger partial charge is 0.401 e. The average molecular weight is 272 g/mol. The molecule has 2 heterocycles. The second-order valence-electron chi connectivity index (χ2n) is 4.16. The van der Waals surface area contributed by atoms with Gasteiger partial charge in [0.15, 0.2) is 0 Å². The zero-order chi connectivity index (χ0) is 14.3. The molecule has 0 aliphatic carbocycles. The maximum absolute atomic E-state index is 12.0. The molecule has 7 heteroatoms. The highest BCUT2D eigenvalue weighted by atomic mass is 16.7. The number of hydroxylamine groups is 2. The molecule has 1 aliphatic heterocycles. The molecule has 0 unspecified atom stereocenters. The molecule has 100 valence electrons. The Morgan fingerprint density at radius 1 is 1.20 bits per heavy atom. The summed E-state index contributed by atoms with van der Waals surface area (Å²) in [5.74, 6) is -2.51. The van der Waals surface area contributed by atoms with Crippen LogP contribution in [-0.2, 0) is 4.84 Å². The van der Waals surface area contributed by atoms with E-state index in [4.69, 9.17) is 9.36 Å². The molecule has 0 N–H and O–H groups in total. The Hall–Kier alpha value is -2.96. The van der Waals surface area contributed by atoms with Crippen molar-refractivity contribution in [3.05, 3.63) is 52.9 Å². The summed E-state index contributed by atoms with van der Waals surface area (Å²) < 4.78 is 4.71. The van der Waals surface area contributed by atoms with E-state index in [0.29, 0.717) is 10.8 Å². The molecule has 0 spiro atoms. The Labute approximate surface area is 112 Å². The van der Waals surface area contributed by atoms with Gasteiger partial charge in [-0.15, -0.1) is 0 Å². The van der Waals surface area contributed by atoms with E-state index < -0.39 is 17.8 Å². The van der Waals surface area contributed by atoms with Gasteiger partial charge in [-0.05, 0) is 19.1 Å². The number of imide groups is 1. The third kappa shape index (κ3) is 1.76. The molecule has 2 aromatic rings. The topological polar surface area (TPSA) is 89.7 Å². The minimum atomic E-state index is -0.958. The van der Waals surface area contributed by atoms with Crippen molar-refractivity contribution in [3.8, 4) is 0 Å². The second-order valence-corrected chi connectivity index (χ2v) is 4.16. The first-order valence-corrected chi connectivity index (χ1v) is 5.71. The molecule has 3 rings (SSSR count). The molecule has 0 saturated heterocycles. The Kier molecular flexibility index (Phi) is 2.60. The van der Waals surface area contributed by atoms with Crippen molar-refractivity contribution in [2.24, 2.45) is 0 Å². The van der Waals surface area contributed by atoms with Gasteiger partial charge < -0.3 is 9.36 Å². The lowest BCUT2D eigenvalue weighted by Crippen LogP contribution is -2.32. The molecule has 1 aromatic heterocycles. The van der Waals surface area contributed by atoms with Gasteiger partial charge in [0.25, 0.3) is 11.8 Å². The molecule has 2 amide bonds. The number of rotatable bonds is 2. The molecule has 0 bridgehead atoms. The predicted molar refractivity (Wildman–Crippen MR) is 63.6 cm³/mol. The molecular formula is C13H8N2O5. The lowest BCUT2D eigenvalue weighted by atomic mass is 10.1. The zero-order valence-electron chi connectivity index (χ0n) is 10.3. The van der Waals surface area contributed by atoms with E-state index in [9.17, 15) is 14.4 Å². The Morgan fingerprint density at radius 3 is 2.30 bits per heavy atom. The van der Waals surface area contributed by atoms with Gasteiger partial charge in [0, 0.05) is 6.07 Å². The van der Waals surface area contributed by atoms with Gasteiger partial charge in [-0.1, -0.05) is 22.4 Å². The summed E-state index contributed by atoms with van der Waals surface area (Å²) in [5, 5.41) is 3.95. The normalized spacial score (nSPS) is 13.6. The molecule has 0 saturated carbocycles. The van der Waals surface area contributed by atoms with Gasteiger partial charge in [-0.3, -0.25) is 9.59 Å². The summed E-state index contributed by atoms with van der Waals surface area (Å²) in [6.07, 6.45) is 0. The average Bonchev–Trinajstić information content (AvgIpc) is 2.98. The summed E-state index contributed by atoms with van der Waals surface area (Å²) in [7, 11) is 0. The molecule has 0 radical (unpaired) electrons. The lowest BCUT2D eigenvalue weighted by molar-refractivity contribution is -0.0607. The van der Waals surface area contributed by atoms with Gasteiger partial charge in [-0.25, -0.2) is 4.79 Å². The summed E-state index contributed by atoms with van der Waals surface area (Å²) in [4.78, 5) is 40.5. The summed E-state index contributed by atoms with van der Waals surface area (Å²) in [6, 6.07) is 7.56. The number of aromatic nitrogens is 1. The molecule has 20 heavy (non-hydrogen) atoms. The lowest BCUT2D eigenvalue weighted by Gasteiger charge is -2.10. The summed E-state index contributed by atoms with van der Waals surface area (Å²) in [5.41, 5.74) is 0.873. The minimum absolute atomic E-state index is 0.181. The van der Waals surface area contributed by atoms with Crippen molar-refractivity contribution in [1.82, 2.24) is 10.2 Å². The number of benzene rings is 1. The van der Waals surface area contributed by atoms with E-state index in [1.807, 2.05) is 0 Å². The van der Waals surface area contributed by atoms with Crippen LogP contribution in [0.3, 0.4) is 0 Å².